The standard InChI is InChI=1S/C8H12O6/c1-14-8(13)4-5(2-6(9)10)3-7(11)12/h5H,2-4H2,1H3,(H,9,10)(H,11,12). The zero-order chi connectivity index (χ0) is 11.1. The van der Waals surface area contributed by atoms with Gasteiger partial charge in [-0.2, -0.15) is 0 Å². The summed E-state index contributed by atoms with van der Waals surface area (Å²) in [6.45, 7) is 0. The molecule has 0 bridgehead atoms. The molecule has 0 rings (SSSR count). The van der Waals surface area contributed by atoms with E-state index in [2.05, 4.69) is 4.74 Å². The molecular formula is C8H12O6. The van der Waals surface area contributed by atoms with Crippen LogP contribution >= 0.6 is 0 Å². The Kier molecular flexibility index (Phi) is 5.28. The average molecular weight is 204 g/mol. The Morgan fingerprint density at radius 1 is 1.07 bits per heavy atom. The number of hydrogen-bond acceptors (Lipinski definition) is 4. The first-order chi connectivity index (χ1) is 6.45. The van der Waals surface area contributed by atoms with E-state index in [4.69, 9.17) is 10.2 Å². The summed E-state index contributed by atoms with van der Waals surface area (Å²) in [6.07, 6.45) is -0.877. The van der Waals surface area contributed by atoms with E-state index in [1.165, 1.54) is 7.11 Å². The van der Waals surface area contributed by atoms with Crippen LogP contribution in [0.4, 0.5) is 0 Å². The number of hydrogen-bond donors (Lipinski definition) is 2. The zero-order valence-corrected chi connectivity index (χ0v) is 7.73. The fourth-order valence-electron chi connectivity index (χ4n) is 1.03. The molecule has 0 aromatic rings. The van der Waals surface area contributed by atoms with E-state index in [9.17, 15) is 14.4 Å². The largest absolute Gasteiger partial charge is 0.481 e. The van der Waals surface area contributed by atoms with Gasteiger partial charge in [0.2, 0.25) is 0 Å². The van der Waals surface area contributed by atoms with E-state index in [-0.39, 0.29) is 19.3 Å². The summed E-state index contributed by atoms with van der Waals surface area (Å²) in [5, 5.41) is 16.9. The van der Waals surface area contributed by atoms with Crippen molar-refractivity contribution in [1.29, 1.82) is 0 Å². The molecule has 0 aromatic carbocycles. The second kappa shape index (κ2) is 5.95. The fraction of sp³-hybridized carbons (Fsp3) is 0.625. The van der Waals surface area contributed by atoms with Gasteiger partial charge in [0, 0.05) is 19.3 Å². The lowest BCUT2D eigenvalue weighted by Crippen LogP contribution is -2.17. The van der Waals surface area contributed by atoms with Gasteiger partial charge in [0.1, 0.15) is 0 Å². The maximum Gasteiger partial charge on any atom is 0.305 e. The highest BCUT2D eigenvalue weighted by atomic mass is 16.5. The molecule has 0 saturated carbocycles. The third-order valence-electron chi connectivity index (χ3n) is 1.61. The summed E-state index contributed by atoms with van der Waals surface area (Å²) in [5.41, 5.74) is 0. The van der Waals surface area contributed by atoms with Crippen LogP contribution < -0.4 is 0 Å². The van der Waals surface area contributed by atoms with Crippen molar-refractivity contribution in [2.45, 2.75) is 19.3 Å². The molecule has 2 N–H and O–H groups in total. The molecule has 0 fully saturated rings. The minimum absolute atomic E-state index is 0.185. The lowest BCUT2D eigenvalue weighted by molar-refractivity contribution is -0.144. The molecule has 14 heavy (non-hydrogen) atoms. The van der Waals surface area contributed by atoms with Crippen molar-refractivity contribution in [3.05, 3.63) is 0 Å². The molecule has 0 amide bonds. The first-order valence-electron chi connectivity index (χ1n) is 3.96. The molecule has 0 spiro atoms. The second-order valence-electron chi connectivity index (χ2n) is 2.84. The predicted octanol–water partition coefficient (Wildman–Crippen LogP) is 0.115. The van der Waals surface area contributed by atoms with Crippen LogP contribution in [0.15, 0.2) is 0 Å². The molecule has 0 saturated heterocycles. The van der Waals surface area contributed by atoms with E-state index >= 15 is 0 Å². The van der Waals surface area contributed by atoms with Crippen LogP contribution in [0.1, 0.15) is 19.3 Å². The quantitative estimate of drug-likeness (QED) is 0.595. The Morgan fingerprint density at radius 3 is 1.79 bits per heavy atom. The minimum Gasteiger partial charge on any atom is -0.481 e. The van der Waals surface area contributed by atoms with Crippen LogP contribution in [0.2, 0.25) is 0 Å². The number of methoxy groups -OCH3 is 1. The molecule has 0 unspecified atom stereocenters. The molecule has 0 heterocycles. The fourth-order valence-corrected chi connectivity index (χ4v) is 1.03. The lowest BCUT2D eigenvalue weighted by atomic mass is 9.98. The maximum atomic E-state index is 10.8. The number of aliphatic carboxylic acids is 2. The summed E-state index contributed by atoms with van der Waals surface area (Å²) < 4.78 is 4.32. The summed E-state index contributed by atoms with van der Waals surface area (Å²) in [4.78, 5) is 31.4. The summed E-state index contributed by atoms with van der Waals surface area (Å²) in [5.74, 6) is -3.56. The molecule has 0 atom stereocenters. The average Bonchev–Trinajstić information content (AvgIpc) is 2.01. The molecule has 0 aromatic heterocycles. The van der Waals surface area contributed by atoms with Gasteiger partial charge in [-0.15, -0.1) is 0 Å². The Labute approximate surface area is 80.5 Å². The van der Waals surface area contributed by atoms with Crippen LogP contribution in [0, 0.1) is 5.92 Å². The van der Waals surface area contributed by atoms with Crippen molar-refractivity contribution in [2.75, 3.05) is 7.11 Å². The summed E-state index contributed by atoms with van der Waals surface area (Å²) in [6, 6.07) is 0. The monoisotopic (exact) mass is 204 g/mol. The van der Waals surface area contributed by atoms with Gasteiger partial charge in [0.25, 0.3) is 0 Å². The number of ether oxygens (including phenoxy) is 1. The molecule has 6 nitrogen and oxygen atoms in total. The van der Waals surface area contributed by atoms with Crippen molar-refractivity contribution in [1.82, 2.24) is 0 Å². The van der Waals surface area contributed by atoms with Crippen molar-refractivity contribution in [3.8, 4) is 0 Å². The number of carboxylic acids is 2. The van der Waals surface area contributed by atoms with Crippen LogP contribution in [-0.4, -0.2) is 35.2 Å². The number of carbonyl (C=O) groups excluding carboxylic acids is 1. The van der Waals surface area contributed by atoms with Gasteiger partial charge in [0.15, 0.2) is 0 Å². The highest BCUT2D eigenvalue weighted by molar-refractivity contribution is 5.74. The Hall–Kier alpha value is -1.59. The van der Waals surface area contributed by atoms with Crippen LogP contribution in [0.5, 0.6) is 0 Å². The van der Waals surface area contributed by atoms with Gasteiger partial charge >= 0.3 is 17.9 Å². The van der Waals surface area contributed by atoms with Crippen molar-refractivity contribution >= 4 is 17.9 Å². The number of esters is 1. The summed E-state index contributed by atoms with van der Waals surface area (Å²) >= 11 is 0. The Morgan fingerprint density at radius 2 is 1.50 bits per heavy atom. The van der Waals surface area contributed by atoms with Crippen molar-refractivity contribution in [3.63, 3.8) is 0 Å². The molecular weight excluding hydrogens is 192 g/mol. The first kappa shape index (κ1) is 12.4. The van der Waals surface area contributed by atoms with E-state index in [1.54, 1.807) is 0 Å². The molecule has 0 aliphatic rings. The van der Waals surface area contributed by atoms with Gasteiger partial charge in [-0.1, -0.05) is 0 Å². The molecule has 0 aliphatic heterocycles. The first-order valence-corrected chi connectivity index (χ1v) is 3.96. The van der Waals surface area contributed by atoms with Crippen LogP contribution in [0.25, 0.3) is 0 Å². The maximum absolute atomic E-state index is 10.8. The smallest absolute Gasteiger partial charge is 0.305 e. The molecule has 80 valence electrons. The topological polar surface area (TPSA) is 101 Å². The van der Waals surface area contributed by atoms with Crippen LogP contribution in [0.3, 0.4) is 0 Å². The SMILES string of the molecule is COC(=O)CC(CC(=O)O)CC(=O)O. The van der Waals surface area contributed by atoms with E-state index < -0.39 is 23.8 Å². The highest BCUT2D eigenvalue weighted by Gasteiger charge is 2.20. The van der Waals surface area contributed by atoms with Gasteiger partial charge in [0.05, 0.1) is 7.11 Å². The van der Waals surface area contributed by atoms with E-state index in [0.29, 0.717) is 0 Å². The zero-order valence-electron chi connectivity index (χ0n) is 7.73. The third-order valence-corrected chi connectivity index (χ3v) is 1.61. The normalized spacial score (nSPS) is 9.86. The summed E-state index contributed by atoms with van der Waals surface area (Å²) in [7, 11) is 1.17. The highest BCUT2D eigenvalue weighted by Crippen LogP contribution is 2.14. The van der Waals surface area contributed by atoms with Crippen molar-refractivity contribution < 1.29 is 29.3 Å². The molecule has 0 radical (unpaired) electrons. The number of carbonyl (C=O) groups is 3. The van der Waals surface area contributed by atoms with E-state index in [0.717, 1.165) is 0 Å². The predicted molar refractivity (Wildman–Crippen MR) is 44.6 cm³/mol. The number of rotatable bonds is 6. The molecule has 0 aliphatic carbocycles. The minimum atomic E-state index is -1.12. The van der Waals surface area contributed by atoms with Gasteiger partial charge in [-0.3, -0.25) is 14.4 Å². The van der Waals surface area contributed by atoms with Gasteiger partial charge in [-0.25, -0.2) is 0 Å². The third kappa shape index (κ3) is 5.99. The van der Waals surface area contributed by atoms with Crippen LogP contribution in [-0.2, 0) is 19.1 Å². The second-order valence-corrected chi connectivity index (χ2v) is 2.84. The lowest BCUT2D eigenvalue weighted by Gasteiger charge is -2.09. The number of carboxylic acid groups (broad SMARTS) is 2. The Balaban J connectivity index is 4.16. The van der Waals surface area contributed by atoms with Crippen molar-refractivity contribution in [2.24, 2.45) is 5.92 Å². The molecule has 6 heteroatoms. The van der Waals surface area contributed by atoms with Gasteiger partial charge in [-0.05, 0) is 5.92 Å². The Bertz CT molecular complexity index is 218. The van der Waals surface area contributed by atoms with Gasteiger partial charge < -0.3 is 14.9 Å². The van der Waals surface area contributed by atoms with E-state index in [1.807, 2.05) is 0 Å².